The van der Waals surface area contributed by atoms with Crippen LogP contribution >= 0.6 is 0 Å². The molecule has 2 rings (SSSR count). The van der Waals surface area contributed by atoms with Crippen LogP contribution < -0.4 is 0 Å². The van der Waals surface area contributed by atoms with Crippen molar-refractivity contribution in [3.8, 4) is 0 Å². The standard InChI is InChI=1S/C17H24O2/c1-12(2)14-9-7-13(8-10-14)11-16(17(18)19)15-5-3-4-6-15/h7-10,12,15-16H,3-6,11H2,1-2H3,(H,18,19). The first kappa shape index (κ1) is 14.1. The Labute approximate surface area is 115 Å². The number of hydrogen-bond acceptors (Lipinski definition) is 1. The van der Waals surface area contributed by atoms with E-state index in [1.165, 1.54) is 18.4 Å². The molecular formula is C17H24O2. The maximum atomic E-state index is 11.5. The number of carboxylic acids is 1. The molecule has 1 fully saturated rings. The minimum atomic E-state index is -0.625. The van der Waals surface area contributed by atoms with Gasteiger partial charge in [-0.2, -0.15) is 0 Å². The molecule has 0 heterocycles. The van der Waals surface area contributed by atoms with Gasteiger partial charge < -0.3 is 5.11 Å². The first-order chi connectivity index (χ1) is 9.08. The van der Waals surface area contributed by atoms with Gasteiger partial charge in [0.25, 0.3) is 0 Å². The largest absolute Gasteiger partial charge is 0.481 e. The molecule has 1 unspecified atom stereocenters. The van der Waals surface area contributed by atoms with Gasteiger partial charge in [0.05, 0.1) is 5.92 Å². The van der Waals surface area contributed by atoms with Crippen molar-refractivity contribution in [1.82, 2.24) is 0 Å². The van der Waals surface area contributed by atoms with Crippen molar-refractivity contribution in [2.75, 3.05) is 0 Å². The van der Waals surface area contributed by atoms with Gasteiger partial charge in [0, 0.05) is 0 Å². The van der Waals surface area contributed by atoms with Gasteiger partial charge >= 0.3 is 5.97 Å². The highest BCUT2D eigenvalue weighted by molar-refractivity contribution is 5.70. The molecule has 104 valence electrons. The fraction of sp³-hybridized carbons (Fsp3) is 0.588. The van der Waals surface area contributed by atoms with E-state index >= 15 is 0 Å². The highest BCUT2D eigenvalue weighted by atomic mass is 16.4. The second-order valence-electron chi connectivity index (χ2n) is 6.09. The van der Waals surface area contributed by atoms with Gasteiger partial charge in [-0.05, 0) is 42.2 Å². The van der Waals surface area contributed by atoms with Gasteiger partial charge in [-0.1, -0.05) is 51.0 Å². The van der Waals surface area contributed by atoms with Crippen molar-refractivity contribution in [3.63, 3.8) is 0 Å². The number of carbonyl (C=O) groups is 1. The van der Waals surface area contributed by atoms with Crippen LogP contribution in [0.25, 0.3) is 0 Å². The molecule has 0 amide bonds. The summed E-state index contributed by atoms with van der Waals surface area (Å²) in [6.07, 6.45) is 5.24. The van der Waals surface area contributed by atoms with Crippen molar-refractivity contribution in [3.05, 3.63) is 35.4 Å². The fourth-order valence-corrected chi connectivity index (χ4v) is 3.11. The quantitative estimate of drug-likeness (QED) is 0.859. The summed E-state index contributed by atoms with van der Waals surface area (Å²) in [6.45, 7) is 4.35. The van der Waals surface area contributed by atoms with Gasteiger partial charge in [-0.25, -0.2) is 0 Å². The van der Waals surface area contributed by atoms with Crippen LogP contribution in [0.2, 0.25) is 0 Å². The fourth-order valence-electron chi connectivity index (χ4n) is 3.11. The third-order valence-corrected chi connectivity index (χ3v) is 4.39. The van der Waals surface area contributed by atoms with Crippen LogP contribution in [0.4, 0.5) is 0 Å². The molecule has 1 aromatic carbocycles. The predicted octanol–water partition coefficient (Wildman–Crippen LogP) is 4.24. The van der Waals surface area contributed by atoms with Gasteiger partial charge in [-0.3, -0.25) is 4.79 Å². The lowest BCUT2D eigenvalue weighted by Gasteiger charge is -2.19. The smallest absolute Gasteiger partial charge is 0.307 e. The molecule has 0 aliphatic heterocycles. The monoisotopic (exact) mass is 260 g/mol. The molecule has 0 bridgehead atoms. The summed E-state index contributed by atoms with van der Waals surface area (Å²) >= 11 is 0. The lowest BCUT2D eigenvalue weighted by Crippen LogP contribution is -2.24. The van der Waals surface area contributed by atoms with E-state index in [0.717, 1.165) is 18.4 Å². The zero-order chi connectivity index (χ0) is 13.8. The van der Waals surface area contributed by atoms with E-state index in [1.807, 2.05) is 0 Å². The molecule has 0 saturated heterocycles. The van der Waals surface area contributed by atoms with Crippen LogP contribution in [0, 0.1) is 11.8 Å². The van der Waals surface area contributed by atoms with E-state index in [0.29, 0.717) is 18.3 Å². The summed E-state index contributed by atoms with van der Waals surface area (Å²) in [6, 6.07) is 8.46. The normalized spacial score (nSPS) is 17.8. The van der Waals surface area contributed by atoms with Crippen molar-refractivity contribution in [1.29, 1.82) is 0 Å². The maximum Gasteiger partial charge on any atom is 0.307 e. The molecule has 2 heteroatoms. The topological polar surface area (TPSA) is 37.3 Å². The lowest BCUT2D eigenvalue weighted by atomic mass is 9.85. The summed E-state index contributed by atoms with van der Waals surface area (Å²) in [4.78, 5) is 11.5. The third-order valence-electron chi connectivity index (χ3n) is 4.39. The highest BCUT2D eigenvalue weighted by Gasteiger charge is 2.30. The number of carboxylic acid groups (broad SMARTS) is 1. The van der Waals surface area contributed by atoms with Gasteiger partial charge in [-0.15, -0.1) is 0 Å². The van der Waals surface area contributed by atoms with E-state index in [1.54, 1.807) is 0 Å². The van der Waals surface area contributed by atoms with E-state index in [9.17, 15) is 9.90 Å². The first-order valence-electron chi connectivity index (χ1n) is 7.39. The summed E-state index contributed by atoms with van der Waals surface area (Å²) < 4.78 is 0. The summed E-state index contributed by atoms with van der Waals surface area (Å²) in [5, 5.41) is 9.44. The van der Waals surface area contributed by atoms with E-state index in [4.69, 9.17) is 0 Å². The Morgan fingerprint density at radius 3 is 2.26 bits per heavy atom. The first-order valence-corrected chi connectivity index (χ1v) is 7.39. The predicted molar refractivity (Wildman–Crippen MR) is 77.3 cm³/mol. The van der Waals surface area contributed by atoms with Gasteiger partial charge in [0.2, 0.25) is 0 Å². The molecular weight excluding hydrogens is 236 g/mol. The van der Waals surface area contributed by atoms with Crippen LogP contribution in [0.5, 0.6) is 0 Å². The van der Waals surface area contributed by atoms with Crippen LogP contribution in [0.3, 0.4) is 0 Å². The molecule has 1 saturated carbocycles. The molecule has 1 aromatic rings. The molecule has 1 atom stereocenters. The second kappa shape index (κ2) is 6.23. The van der Waals surface area contributed by atoms with Crippen LogP contribution in [-0.2, 0) is 11.2 Å². The molecule has 0 aromatic heterocycles. The molecule has 1 aliphatic rings. The molecule has 1 aliphatic carbocycles. The van der Waals surface area contributed by atoms with Crippen LogP contribution in [-0.4, -0.2) is 11.1 Å². The van der Waals surface area contributed by atoms with E-state index in [-0.39, 0.29) is 5.92 Å². The Kier molecular flexibility index (Phi) is 4.62. The Bertz CT molecular complexity index is 413. The van der Waals surface area contributed by atoms with Crippen molar-refractivity contribution >= 4 is 5.97 Å². The number of rotatable bonds is 5. The number of hydrogen-bond donors (Lipinski definition) is 1. The zero-order valence-electron chi connectivity index (χ0n) is 11.9. The Hall–Kier alpha value is -1.31. The zero-order valence-corrected chi connectivity index (χ0v) is 11.9. The second-order valence-corrected chi connectivity index (χ2v) is 6.09. The van der Waals surface area contributed by atoms with E-state index in [2.05, 4.69) is 38.1 Å². The summed E-state index contributed by atoms with van der Waals surface area (Å²) in [7, 11) is 0. The maximum absolute atomic E-state index is 11.5. The average Bonchev–Trinajstić information content (AvgIpc) is 2.89. The third kappa shape index (κ3) is 3.59. The summed E-state index contributed by atoms with van der Waals surface area (Å²) in [5.74, 6) is 0.0775. The SMILES string of the molecule is CC(C)c1ccc(CC(C(=O)O)C2CCCC2)cc1. The Morgan fingerprint density at radius 1 is 1.21 bits per heavy atom. The minimum Gasteiger partial charge on any atom is -0.481 e. The molecule has 2 nitrogen and oxygen atoms in total. The van der Waals surface area contributed by atoms with Crippen molar-refractivity contribution in [2.45, 2.75) is 51.9 Å². The highest BCUT2D eigenvalue weighted by Crippen LogP contribution is 2.33. The van der Waals surface area contributed by atoms with Crippen LogP contribution in [0.1, 0.15) is 56.6 Å². The van der Waals surface area contributed by atoms with Gasteiger partial charge in [0.15, 0.2) is 0 Å². The number of aliphatic carboxylic acids is 1. The Morgan fingerprint density at radius 2 is 1.79 bits per heavy atom. The minimum absolute atomic E-state index is 0.201. The Balaban J connectivity index is 2.06. The summed E-state index contributed by atoms with van der Waals surface area (Å²) in [5.41, 5.74) is 2.47. The van der Waals surface area contributed by atoms with Crippen molar-refractivity contribution in [2.24, 2.45) is 11.8 Å². The average molecular weight is 260 g/mol. The lowest BCUT2D eigenvalue weighted by molar-refractivity contribution is -0.143. The van der Waals surface area contributed by atoms with Gasteiger partial charge in [0.1, 0.15) is 0 Å². The molecule has 19 heavy (non-hydrogen) atoms. The van der Waals surface area contributed by atoms with Crippen molar-refractivity contribution < 1.29 is 9.90 Å². The molecule has 1 N–H and O–H groups in total. The molecule has 0 radical (unpaired) electrons. The van der Waals surface area contributed by atoms with E-state index < -0.39 is 5.97 Å². The van der Waals surface area contributed by atoms with Crippen LogP contribution in [0.15, 0.2) is 24.3 Å². The number of benzene rings is 1. The molecule has 0 spiro atoms.